The lowest BCUT2D eigenvalue weighted by atomic mass is 10.1. The van der Waals surface area contributed by atoms with Crippen LogP contribution in [0.4, 0.5) is 36.3 Å². The van der Waals surface area contributed by atoms with Crippen molar-refractivity contribution in [3.8, 4) is 0 Å². The van der Waals surface area contributed by atoms with Crippen LogP contribution in [0.2, 0.25) is 0 Å². The summed E-state index contributed by atoms with van der Waals surface area (Å²) in [5.41, 5.74) is 6.67. The lowest BCUT2D eigenvalue weighted by Gasteiger charge is -2.13. The molecule has 0 aliphatic rings. The number of hydrogen-bond donors (Lipinski definition) is 4. The van der Waals surface area contributed by atoms with Gasteiger partial charge in [-0.25, -0.2) is 15.0 Å². The number of rotatable bonds is 7. The van der Waals surface area contributed by atoms with Gasteiger partial charge in [-0.15, -0.1) is 0 Å². The maximum absolute atomic E-state index is 13.2. The molecule has 1 aromatic carbocycles. The van der Waals surface area contributed by atoms with Crippen molar-refractivity contribution in [2.24, 2.45) is 10.7 Å². The third-order valence-corrected chi connectivity index (χ3v) is 4.02. The number of aliphatic imine (C=N–C) groups is 1. The Morgan fingerprint density at radius 1 is 1.23 bits per heavy atom. The second kappa shape index (κ2) is 8.80. The normalized spacial score (nSPS) is 12.1. The topological polar surface area (TPSA) is 117 Å². The molecule has 0 spiro atoms. The number of nitrogens with one attached hydrogen (secondary N) is 3. The molecule has 11 heteroatoms. The van der Waals surface area contributed by atoms with E-state index in [1.807, 2.05) is 6.92 Å². The second-order valence-electron chi connectivity index (χ2n) is 6.62. The first-order valence-electron chi connectivity index (χ1n) is 9.05. The van der Waals surface area contributed by atoms with Crippen LogP contribution in [0.15, 0.2) is 41.9 Å². The molecule has 30 heavy (non-hydrogen) atoms. The molecular formula is C19H21F3N8. The van der Waals surface area contributed by atoms with Gasteiger partial charge in [0.2, 0.25) is 5.95 Å². The van der Waals surface area contributed by atoms with Crippen molar-refractivity contribution in [2.75, 3.05) is 17.2 Å². The van der Waals surface area contributed by atoms with Gasteiger partial charge in [0.25, 0.3) is 0 Å². The minimum atomic E-state index is -4.53. The number of aromatic amines is 1. The largest absolute Gasteiger partial charge is 0.416 e. The smallest absolute Gasteiger partial charge is 0.387 e. The molecule has 3 aromatic rings. The zero-order chi connectivity index (χ0) is 21.7. The molecule has 2 heterocycles. The number of benzene rings is 1. The summed E-state index contributed by atoms with van der Waals surface area (Å²) in [4.78, 5) is 19.4. The average Bonchev–Trinajstić information content (AvgIpc) is 3.16. The van der Waals surface area contributed by atoms with E-state index in [2.05, 4.69) is 35.6 Å². The molecule has 3 rings (SSSR count). The van der Waals surface area contributed by atoms with E-state index in [9.17, 15) is 13.2 Å². The number of aromatic nitrogens is 4. The van der Waals surface area contributed by atoms with Crippen LogP contribution >= 0.6 is 0 Å². The summed E-state index contributed by atoms with van der Waals surface area (Å²) in [6, 6.07) is 3.35. The molecule has 2 aromatic heterocycles. The van der Waals surface area contributed by atoms with E-state index < -0.39 is 11.7 Å². The van der Waals surface area contributed by atoms with Crippen LogP contribution in [0.5, 0.6) is 0 Å². The van der Waals surface area contributed by atoms with Crippen LogP contribution < -0.4 is 16.4 Å². The fourth-order valence-corrected chi connectivity index (χ4v) is 2.66. The molecule has 0 unspecified atom stereocenters. The third-order valence-electron chi connectivity index (χ3n) is 4.02. The van der Waals surface area contributed by atoms with Gasteiger partial charge in [-0.05, 0) is 32.0 Å². The summed E-state index contributed by atoms with van der Waals surface area (Å²) < 4.78 is 39.7. The first kappa shape index (κ1) is 21.1. The Morgan fingerprint density at radius 3 is 2.70 bits per heavy atom. The van der Waals surface area contributed by atoms with Crippen LogP contribution in [0, 0.1) is 6.92 Å². The fraction of sp³-hybridized carbons (Fsp3) is 0.263. The quantitative estimate of drug-likeness (QED) is 0.341. The lowest BCUT2D eigenvalue weighted by Crippen LogP contribution is -2.10. The van der Waals surface area contributed by atoms with Crippen LogP contribution in [0.3, 0.4) is 0 Å². The van der Waals surface area contributed by atoms with Gasteiger partial charge in [0.1, 0.15) is 5.82 Å². The molecule has 0 aliphatic heterocycles. The molecule has 0 saturated heterocycles. The molecule has 0 aliphatic carbocycles. The Labute approximate surface area is 170 Å². The molecule has 0 atom stereocenters. The van der Waals surface area contributed by atoms with Crippen LogP contribution in [0.1, 0.15) is 23.7 Å². The van der Waals surface area contributed by atoms with Gasteiger partial charge >= 0.3 is 6.18 Å². The van der Waals surface area contributed by atoms with E-state index in [0.29, 0.717) is 18.8 Å². The maximum atomic E-state index is 13.2. The number of nitrogens with two attached hydrogens (primary N) is 1. The summed E-state index contributed by atoms with van der Waals surface area (Å²) in [7, 11) is 0. The maximum Gasteiger partial charge on any atom is 0.416 e. The summed E-state index contributed by atoms with van der Waals surface area (Å²) in [6.07, 6.45) is 1.10. The molecule has 0 saturated carbocycles. The van der Waals surface area contributed by atoms with Crippen molar-refractivity contribution < 1.29 is 13.2 Å². The standard InChI is InChI=1S/C19H21F3N8/c1-11-8-26-18(30-17(11)25-4-3-14-9-24-10-27-14)29-16-6-13(19(20,21)22)5-15(7-16)28-12(2)23/h5-10H,3-4H2,1-2H3,(H2,23,28)(H,24,27)(H2,25,26,29,30). The van der Waals surface area contributed by atoms with Crippen LogP contribution in [0.25, 0.3) is 0 Å². The van der Waals surface area contributed by atoms with Gasteiger partial charge < -0.3 is 21.4 Å². The predicted octanol–water partition coefficient (Wildman–Crippen LogP) is 3.93. The Balaban J connectivity index is 1.80. The van der Waals surface area contributed by atoms with Crippen LogP contribution in [-0.2, 0) is 12.6 Å². The number of aryl methyl sites for hydroxylation is 1. The van der Waals surface area contributed by atoms with Crippen molar-refractivity contribution in [3.05, 3.63) is 53.7 Å². The number of H-pyrrole nitrogens is 1. The highest BCUT2D eigenvalue weighted by Crippen LogP contribution is 2.35. The minimum absolute atomic E-state index is 0.0809. The van der Waals surface area contributed by atoms with Gasteiger partial charge in [0, 0.05) is 42.3 Å². The van der Waals surface area contributed by atoms with Gasteiger partial charge in [0.05, 0.1) is 23.4 Å². The summed E-state index contributed by atoms with van der Waals surface area (Å²) in [5, 5.41) is 6.01. The van der Waals surface area contributed by atoms with Crippen molar-refractivity contribution in [1.82, 2.24) is 19.9 Å². The fourth-order valence-electron chi connectivity index (χ4n) is 2.66. The monoisotopic (exact) mass is 418 g/mol. The van der Waals surface area contributed by atoms with E-state index in [4.69, 9.17) is 5.73 Å². The molecular weight excluding hydrogens is 397 g/mol. The van der Waals surface area contributed by atoms with E-state index in [1.165, 1.54) is 13.0 Å². The Morgan fingerprint density at radius 2 is 2.03 bits per heavy atom. The van der Waals surface area contributed by atoms with Gasteiger partial charge in [-0.2, -0.15) is 18.2 Å². The van der Waals surface area contributed by atoms with Crippen molar-refractivity contribution in [1.29, 1.82) is 0 Å². The number of hydrogen-bond acceptors (Lipinski definition) is 6. The molecule has 8 nitrogen and oxygen atoms in total. The van der Waals surface area contributed by atoms with E-state index in [0.717, 1.165) is 23.4 Å². The van der Waals surface area contributed by atoms with E-state index >= 15 is 0 Å². The minimum Gasteiger partial charge on any atom is -0.387 e. The molecule has 0 bridgehead atoms. The average molecular weight is 418 g/mol. The van der Waals surface area contributed by atoms with Crippen molar-refractivity contribution in [2.45, 2.75) is 26.4 Å². The van der Waals surface area contributed by atoms with Crippen molar-refractivity contribution in [3.63, 3.8) is 0 Å². The first-order chi connectivity index (χ1) is 14.2. The Bertz CT molecular complexity index is 1020. The highest BCUT2D eigenvalue weighted by molar-refractivity contribution is 5.81. The van der Waals surface area contributed by atoms with Crippen LogP contribution in [-0.4, -0.2) is 32.3 Å². The lowest BCUT2D eigenvalue weighted by molar-refractivity contribution is -0.137. The van der Waals surface area contributed by atoms with Gasteiger partial charge in [-0.1, -0.05) is 0 Å². The second-order valence-corrected chi connectivity index (χ2v) is 6.62. The van der Waals surface area contributed by atoms with Gasteiger partial charge in [-0.3, -0.25) is 0 Å². The molecule has 0 amide bonds. The predicted molar refractivity (Wildman–Crippen MR) is 109 cm³/mol. The van der Waals surface area contributed by atoms with Crippen molar-refractivity contribution >= 4 is 29.0 Å². The van der Waals surface area contributed by atoms with Gasteiger partial charge in [0.15, 0.2) is 0 Å². The summed E-state index contributed by atoms with van der Waals surface area (Å²) in [5.74, 6) is 0.883. The number of halogens is 3. The molecule has 0 fully saturated rings. The number of imidazole rings is 1. The zero-order valence-electron chi connectivity index (χ0n) is 16.4. The SMILES string of the molecule is CC(N)=Nc1cc(Nc2ncc(C)c(NCCc3cnc[nH]3)n2)cc(C(F)(F)F)c1. The molecule has 158 valence electrons. The molecule has 0 radical (unpaired) electrons. The third kappa shape index (κ3) is 5.69. The molecule has 5 N–H and O–H groups in total. The number of alkyl halides is 3. The van der Waals surface area contributed by atoms with E-state index in [-0.39, 0.29) is 23.2 Å². The Kier molecular flexibility index (Phi) is 6.19. The number of amidine groups is 1. The highest BCUT2D eigenvalue weighted by Gasteiger charge is 2.31. The van der Waals surface area contributed by atoms with E-state index in [1.54, 1.807) is 18.7 Å². The zero-order valence-corrected chi connectivity index (χ0v) is 16.4. The Hall–Kier alpha value is -3.63. The summed E-state index contributed by atoms with van der Waals surface area (Å²) in [6.45, 7) is 3.93. The highest BCUT2D eigenvalue weighted by atomic mass is 19.4. The number of nitrogens with zero attached hydrogens (tertiary/aromatic N) is 4. The first-order valence-corrected chi connectivity index (χ1v) is 9.05. The number of anilines is 3. The summed E-state index contributed by atoms with van der Waals surface area (Å²) >= 11 is 0.